The molecule has 5 heterocycles. The summed E-state index contributed by atoms with van der Waals surface area (Å²) in [7, 11) is 2.20. The number of rotatable bonds is 8. The van der Waals surface area contributed by atoms with E-state index in [-0.39, 0.29) is 17.6 Å². The molecular weight excluding hydrogens is 561 g/mol. The number of amides is 1. The molecule has 2 aromatic carbocycles. The Morgan fingerprint density at radius 3 is 2.43 bits per heavy atom. The summed E-state index contributed by atoms with van der Waals surface area (Å²) in [5.74, 6) is -0.521. The molecule has 3 fully saturated rings. The monoisotopic (exact) mass is 599 g/mol. The first-order valence-corrected chi connectivity index (χ1v) is 15.3. The molecule has 11 nitrogen and oxygen atoms in total. The summed E-state index contributed by atoms with van der Waals surface area (Å²) in [4.78, 5) is 32.6. The van der Waals surface area contributed by atoms with Gasteiger partial charge < -0.3 is 35.9 Å². The molecule has 4 aromatic rings. The maximum atomic E-state index is 14.6. The number of piperazine rings is 1. The normalized spacial score (nSPS) is 18.8. The molecule has 12 heteroatoms. The number of halogens is 1. The van der Waals surface area contributed by atoms with Crippen LogP contribution in [-0.2, 0) is 4.74 Å². The summed E-state index contributed by atoms with van der Waals surface area (Å²) in [6.45, 7) is 7.68. The number of benzene rings is 2. The largest absolute Gasteiger partial charge is 0.377 e. The first-order chi connectivity index (χ1) is 21.4. The highest BCUT2D eigenvalue weighted by atomic mass is 19.1. The molecule has 44 heavy (non-hydrogen) atoms. The molecule has 0 unspecified atom stereocenters. The lowest BCUT2D eigenvalue weighted by atomic mass is 10.0. The van der Waals surface area contributed by atoms with E-state index >= 15 is 0 Å². The number of H-pyrrole nitrogens is 1. The van der Waals surface area contributed by atoms with E-state index in [2.05, 4.69) is 54.5 Å². The van der Waals surface area contributed by atoms with Crippen molar-refractivity contribution in [3.8, 4) is 11.3 Å². The standard InChI is InChI=1S/C32H38FN9O2/c1-40-12-14-42(15-13-40)24-7-10-41(11-8-24)23-4-2-21(3-5-23)36-32-29(30(34)43)38-28(31(39-32)37-22-18-44-19-22)26-16-20(33)17-27-25(26)6-9-35-27/h2-6,9,16-17,22,24,35H,7-8,10-15,18-19H2,1H3,(H2,34,43)(H2,36,37,39). The second kappa shape index (κ2) is 12.0. The Balaban J connectivity index is 1.12. The quantitative estimate of drug-likeness (QED) is 0.240. The number of ether oxygens (including phenoxy) is 1. The minimum Gasteiger partial charge on any atom is -0.377 e. The Hall–Kier alpha value is -4.26. The van der Waals surface area contributed by atoms with Gasteiger partial charge in [0.2, 0.25) is 0 Å². The molecular formula is C32H38FN9O2. The van der Waals surface area contributed by atoms with Gasteiger partial charge in [-0.3, -0.25) is 9.69 Å². The second-order valence-electron chi connectivity index (χ2n) is 12.0. The Morgan fingerprint density at radius 1 is 1.00 bits per heavy atom. The van der Waals surface area contributed by atoms with E-state index in [0.29, 0.717) is 41.8 Å². The van der Waals surface area contributed by atoms with Crippen LogP contribution in [-0.4, -0.2) is 102 Å². The summed E-state index contributed by atoms with van der Waals surface area (Å²) in [5.41, 5.74) is 9.16. The van der Waals surface area contributed by atoms with Gasteiger partial charge in [0.25, 0.3) is 5.91 Å². The van der Waals surface area contributed by atoms with Gasteiger partial charge in [0.15, 0.2) is 17.3 Å². The van der Waals surface area contributed by atoms with Crippen molar-refractivity contribution in [2.75, 3.05) is 75.1 Å². The number of piperidine rings is 1. The fourth-order valence-electron chi connectivity index (χ4n) is 6.39. The van der Waals surface area contributed by atoms with Crippen LogP contribution < -0.4 is 21.3 Å². The van der Waals surface area contributed by atoms with Gasteiger partial charge in [0, 0.05) is 79.3 Å². The third-order valence-electron chi connectivity index (χ3n) is 9.01. The predicted molar refractivity (Wildman–Crippen MR) is 170 cm³/mol. The van der Waals surface area contributed by atoms with Gasteiger partial charge in [-0.2, -0.15) is 0 Å². The molecule has 0 bridgehead atoms. The minimum atomic E-state index is -0.735. The van der Waals surface area contributed by atoms with E-state index in [1.807, 2.05) is 18.2 Å². The van der Waals surface area contributed by atoms with E-state index in [9.17, 15) is 9.18 Å². The van der Waals surface area contributed by atoms with Crippen LogP contribution in [0.3, 0.4) is 0 Å². The van der Waals surface area contributed by atoms with E-state index < -0.39 is 11.7 Å². The zero-order chi connectivity index (χ0) is 30.2. The van der Waals surface area contributed by atoms with Gasteiger partial charge in [0.1, 0.15) is 11.5 Å². The number of primary amides is 1. The van der Waals surface area contributed by atoms with Gasteiger partial charge in [-0.05, 0) is 62.4 Å². The Kier molecular flexibility index (Phi) is 7.79. The summed E-state index contributed by atoms with van der Waals surface area (Å²) < 4.78 is 20.0. The maximum Gasteiger partial charge on any atom is 0.271 e. The molecule has 5 N–H and O–H groups in total. The van der Waals surface area contributed by atoms with Crippen molar-refractivity contribution in [3.63, 3.8) is 0 Å². The molecule has 0 saturated carbocycles. The minimum absolute atomic E-state index is 0.0188. The molecule has 230 valence electrons. The number of fused-ring (bicyclic) bond motifs is 1. The third-order valence-corrected chi connectivity index (χ3v) is 9.01. The Bertz CT molecular complexity index is 1640. The van der Waals surface area contributed by atoms with Gasteiger partial charge in [-0.1, -0.05) is 0 Å². The molecule has 0 spiro atoms. The van der Waals surface area contributed by atoms with Crippen LogP contribution in [0.15, 0.2) is 48.7 Å². The molecule has 1 amide bonds. The van der Waals surface area contributed by atoms with Crippen LogP contribution in [0, 0.1) is 5.82 Å². The number of hydrogen-bond acceptors (Lipinski definition) is 9. The highest BCUT2D eigenvalue weighted by Crippen LogP contribution is 2.35. The van der Waals surface area contributed by atoms with Crippen LogP contribution in [0.2, 0.25) is 0 Å². The van der Waals surface area contributed by atoms with Crippen molar-refractivity contribution in [2.45, 2.75) is 24.9 Å². The van der Waals surface area contributed by atoms with Crippen molar-refractivity contribution in [1.82, 2.24) is 24.8 Å². The number of aromatic nitrogens is 3. The van der Waals surface area contributed by atoms with Crippen molar-refractivity contribution in [1.29, 1.82) is 0 Å². The molecule has 0 aliphatic carbocycles. The lowest BCUT2D eigenvalue weighted by molar-refractivity contribution is 0.0209. The van der Waals surface area contributed by atoms with Gasteiger partial charge in [0.05, 0.1) is 19.3 Å². The van der Waals surface area contributed by atoms with Gasteiger partial charge in [-0.15, -0.1) is 0 Å². The third kappa shape index (κ3) is 5.80. The van der Waals surface area contributed by atoms with E-state index in [1.165, 1.54) is 12.1 Å². The lowest BCUT2D eigenvalue weighted by Crippen LogP contribution is -2.52. The van der Waals surface area contributed by atoms with E-state index in [1.54, 1.807) is 6.20 Å². The van der Waals surface area contributed by atoms with Crippen molar-refractivity contribution in [2.24, 2.45) is 5.73 Å². The molecule has 0 radical (unpaired) electrons. The summed E-state index contributed by atoms with van der Waals surface area (Å²) in [6.07, 6.45) is 4.06. The number of hydrogen-bond donors (Lipinski definition) is 4. The van der Waals surface area contributed by atoms with Gasteiger partial charge in [-0.25, -0.2) is 14.4 Å². The zero-order valence-corrected chi connectivity index (χ0v) is 24.9. The molecule has 7 rings (SSSR count). The summed E-state index contributed by atoms with van der Waals surface area (Å²) >= 11 is 0. The maximum absolute atomic E-state index is 14.6. The Morgan fingerprint density at radius 2 is 1.75 bits per heavy atom. The van der Waals surface area contributed by atoms with Gasteiger partial charge >= 0.3 is 0 Å². The van der Waals surface area contributed by atoms with E-state index in [0.717, 1.165) is 68.9 Å². The SMILES string of the molecule is CN1CCN(C2CCN(c3ccc(Nc4nc(NC5COC5)c(-c5cc(F)cc6[nH]ccc56)nc4C(N)=O)cc3)CC2)CC1. The fourth-order valence-corrected chi connectivity index (χ4v) is 6.39. The highest BCUT2D eigenvalue weighted by Gasteiger charge is 2.28. The molecule has 3 saturated heterocycles. The van der Waals surface area contributed by atoms with Crippen LogP contribution in [0.5, 0.6) is 0 Å². The smallest absolute Gasteiger partial charge is 0.271 e. The van der Waals surface area contributed by atoms with Crippen LogP contribution in [0.25, 0.3) is 22.2 Å². The predicted octanol–water partition coefficient (Wildman–Crippen LogP) is 3.63. The first-order valence-electron chi connectivity index (χ1n) is 15.3. The van der Waals surface area contributed by atoms with E-state index in [4.69, 9.17) is 15.5 Å². The Labute approximate surface area is 255 Å². The number of likely N-dealkylation sites (N-methyl/N-ethyl adjacent to an activating group) is 1. The lowest BCUT2D eigenvalue weighted by Gasteiger charge is -2.42. The number of nitrogens with one attached hydrogen (secondary N) is 3. The highest BCUT2D eigenvalue weighted by molar-refractivity contribution is 6.01. The number of carbonyl (C=O) groups is 1. The number of nitrogens with two attached hydrogens (primary N) is 1. The zero-order valence-electron chi connectivity index (χ0n) is 24.9. The molecule has 3 aliphatic rings. The van der Waals surface area contributed by atoms with Crippen LogP contribution in [0.1, 0.15) is 23.3 Å². The first kappa shape index (κ1) is 28.5. The van der Waals surface area contributed by atoms with Crippen molar-refractivity contribution in [3.05, 3.63) is 60.2 Å². The summed E-state index contributed by atoms with van der Waals surface area (Å²) in [5, 5.41) is 7.37. The van der Waals surface area contributed by atoms with Crippen LogP contribution in [0.4, 0.5) is 27.4 Å². The van der Waals surface area contributed by atoms with Crippen molar-refractivity contribution < 1.29 is 13.9 Å². The van der Waals surface area contributed by atoms with Crippen LogP contribution >= 0.6 is 0 Å². The number of carbonyl (C=O) groups excluding carboxylic acids is 1. The number of aromatic amines is 1. The molecule has 2 aromatic heterocycles. The molecule has 3 aliphatic heterocycles. The average Bonchev–Trinajstić information content (AvgIpc) is 3.48. The number of nitrogens with zero attached hydrogens (tertiary/aromatic N) is 5. The topological polar surface area (TPSA) is 128 Å². The molecule has 0 atom stereocenters. The number of anilines is 4. The average molecular weight is 600 g/mol. The van der Waals surface area contributed by atoms with Crippen molar-refractivity contribution >= 4 is 39.8 Å². The summed E-state index contributed by atoms with van der Waals surface area (Å²) in [6, 6.07) is 13.5. The fraction of sp³-hybridized carbons (Fsp3) is 0.406. The second-order valence-corrected chi connectivity index (χ2v) is 12.0.